The standard InChI is InChI=1S/C22H29BrN4O.HI/c1-22(2,18-9-6-10-19(23)14-18)15-27-21(25-4)26-12-11-16-7-5-8-17(13-16)20(28)24-3;/h5-10,13-14H,11-12,15H2,1-4H3,(H,24,28)(H2,25,26,27);1H. The number of carbonyl (C=O) groups is 1. The summed E-state index contributed by atoms with van der Waals surface area (Å²) < 4.78 is 1.08. The fraction of sp³-hybridized carbons (Fsp3) is 0.364. The van der Waals surface area contributed by atoms with E-state index in [1.54, 1.807) is 14.1 Å². The number of hydrogen-bond donors (Lipinski definition) is 3. The minimum atomic E-state index is -0.0675. The van der Waals surface area contributed by atoms with E-state index in [1.807, 2.05) is 30.3 Å². The molecule has 1 amide bonds. The van der Waals surface area contributed by atoms with E-state index >= 15 is 0 Å². The number of carbonyl (C=O) groups excluding carboxylic acids is 1. The van der Waals surface area contributed by atoms with Crippen molar-refractivity contribution < 1.29 is 4.79 Å². The maximum Gasteiger partial charge on any atom is 0.251 e. The second-order valence-electron chi connectivity index (χ2n) is 7.28. The van der Waals surface area contributed by atoms with Gasteiger partial charge in [0.15, 0.2) is 5.96 Å². The molecular formula is C22H30BrIN4O. The van der Waals surface area contributed by atoms with Crippen molar-refractivity contribution in [2.75, 3.05) is 27.2 Å². The fourth-order valence-corrected chi connectivity index (χ4v) is 3.27. The smallest absolute Gasteiger partial charge is 0.251 e. The molecule has 0 spiro atoms. The van der Waals surface area contributed by atoms with Crippen LogP contribution < -0.4 is 16.0 Å². The van der Waals surface area contributed by atoms with E-state index in [2.05, 4.69) is 68.9 Å². The number of benzene rings is 2. The Morgan fingerprint density at radius 1 is 1.10 bits per heavy atom. The van der Waals surface area contributed by atoms with Crippen LogP contribution in [0.5, 0.6) is 0 Å². The van der Waals surface area contributed by atoms with Crippen molar-refractivity contribution in [2.45, 2.75) is 25.7 Å². The van der Waals surface area contributed by atoms with E-state index < -0.39 is 0 Å². The molecule has 2 rings (SSSR count). The molecule has 158 valence electrons. The molecule has 5 nitrogen and oxygen atoms in total. The van der Waals surface area contributed by atoms with Gasteiger partial charge in [0, 0.05) is 42.6 Å². The number of amides is 1. The molecule has 2 aromatic carbocycles. The molecule has 0 aliphatic rings. The lowest BCUT2D eigenvalue weighted by atomic mass is 9.85. The maximum atomic E-state index is 11.8. The van der Waals surface area contributed by atoms with E-state index in [4.69, 9.17) is 0 Å². The molecule has 0 radical (unpaired) electrons. The van der Waals surface area contributed by atoms with Crippen LogP contribution >= 0.6 is 39.9 Å². The Kier molecular flexibility index (Phi) is 10.7. The van der Waals surface area contributed by atoms with Crippen LogP contribution in [0.25, 0.3) is 0 Å². The SMILES string of the molecule is CN=C(NCCc1cccc(C(=O)NC)c1)NCC(C)(C)c1cccc(Br)c1.I. The van der Waals surface area contributed by atoms with Gasteiger partial charge < -0.3 is 16.0 Å². The Hall–Kier alpha value is -1.61. The van der Waals surface area contributed by atoms with Crippen molar-refractivity contribution in [2.24, 2.45) is 4.99 Å². The topological polar surface area (TPSA) is 65.5 Å². The summed E-state index contributed by atoms with van der Waals surface area (Å²) in [6.07, 6.45) is 0.806. The molecule has 3 N–H and O–H groups in total. The summed E-state index contributed by atoms with van der Waals surface area (Å²) in [5.41, 5.74) is 3.01. The highest BCUT2D eigenvalue weighted by molar-refractivity contribution is 14.0. The summed E-state index contributed by atoms with van der Waals surface area (Å²) in [7, 11) is 3.41. The first-order valence-electron chi connectivity index (χ1n) is 9.37. The van der Waals surface area contributed by atoms with Crippen molar-refractivity contribution in [1.29, 1.82) is 0 Å². The first-order valence-corrected chi connectivity index (χ1v) is 10.2. The zero-order chi connectivity index (χ0) is 20.6. The average Bonchev–Trinajstić information content (AvgIpc) is 2.70. The van der Waals surface area contributed by atoms with Gasteiger partial charge in [-0.2, -0.15) is 0 Å². The zero-order valence-electron chi connectivity index (χ0n) is 17.4. The van der Waals surface area contributed by atoms with Crippen molar-refractivity contribution in [3.8, 4) is 0 Å². The van der Waals surface area contributed by atoms with Crippen LogP contribution in [0.4, 0.5) is 0 Å². The Morgan fingerprint density at radius 3 is 2.48 bits per heavy atom. The second kappa shape index (κ2) is 12.2. The molecule has 7 heteroatoms. The molecule has 0 aliphatic carbocycles. The zero-order valence-corrected chi connectivity index (χ0v) is 21.3. The van der Waals surface area contributed by atoms with Crippen LogP contribution in [0.2, 0.25) is 0 Å². The number of nitrogens with zero attached hydrogens (tertiary/aromatic N) is 1. The first kappa shape index (κ1) is 25.4. The Balaban J connectivity index is 0.00000420. The monoisotopic (exact) mass is 572 g/mol. The van der Waals surface area contributed by atoms with Gasteiger partial charge in [-0.1, -0.05) is 54.0 Å². The Labute approximate surface area is 199 Å². The third kappa shape index (κ3) is 7.97. The number of nitrogens with one attached hydrogen (secondary N) is 3. The molecule has 2 aromatic rings. The summed E-state index contributed by atoms with van der Waals surface area (Å²) in [5.74, 6) is 0.701. The number of halogens is 2. The van der Waals surface area contributed by atoms with E-state index in [1.165, 1.54) is 5.56 Å². The molecule has 0 unspecified atom stereocenters. The molecule has 0 saturated carbocycles. The highest BCUT2D eigenvalue weighted by Gasteiger charge is 2.21. The van der Waals surface area contributed by atoms with Gasteiger partial charge in [-0.05, 0) is 41.8 Å². The van der Waals surface area contributed by atoms with Crippen LogP contribution in [0, 0.1) is 0 Å². The van der Waals surface area contributed by atoms with Gasteiger partial charge >= 0.3 is 0 Å². The van der Waals surface area contributed by atoms with E-state index in [-0.39, 0.29) is 35.3 Å². The Morgan fingerprint density at radius 2 is 1.83 bits per heavy atom. The third-order valence-electron chi connectivity index (χ3n) is 4.65. The number of guanidine groups is 1. The number of hydrogen-bond acceptors (Lipinski definition) is 2. The largest absolute Gasteiger partial charge is 0.356 e. The normalized spacial score (nSPS) is 11.4. The van der Waals surface area contributed by atoms with Gasteiger partial charge in [-0.15, -0.1) is 24.0 Å². The predicted octanol–water partition coefficient (Wildman–Crippen LogP) is 4.11. The van der Waals surface area contributed by atoms with Gasteiger partial charge in [0.25, 0.3) is 5.91 Å². The summed E-state index contributed by atoms with van der Waals surface area (Å²) in [6, 6.07) is 16.1. The van der Waals surface area contributed by atoms with E-state index in [9.17, 15) is 4.79 Å². The molecule has 0 aliphatic heterocycles. The Bertz CT molecular complexity index is 839. The van der Waals surface area contributed by atoms with Crippen LogP contribution in [0.1, 0.15) is 35.3 Å². The maximum absolute atomic E-state index is 11.8. The lowest BCUT2D eigenvalue weighted by molar-refractivity contribution is 0.0963. The fourth-order valence-electron chi connectivity index (χ4n) is 2.87. The molecule has 0 heterocycles. The third-order valence-corrected chi connectivity index (χ3v) is 5.14. The van der Waals surface area contributed by atoms with Crippen molar-refractivity contribution in [1.82, 2.24) is 16.0 Å². The van der Waals surface area contributed by atoms with Gasteiger partial charge in [-0.25, -0.2) is 0 Å². The minimum absolute atomic E-state index is 0. The van der Waals surface area contributed by atoms with Gasteiger partial charge in [-0.3, -0.25) is 9.79 Å². The number of rotatable bonds is 7. The summed E-state index contributed by atoms with van der Waals surface area (Å²) in [5, 5.41) is 9.41. The van der Waals surface area contributed by atoms with Crippen molar-refractivity contribution in [3.63, 3.8) is 0 Å². The quantitative estimate of drug-likeness (QED) is 0.266. The lowest BCUT2D eigenvalue weighted by Crippen LogP contribution is -2.44. The summed E-state index contributed by atoms with van der Waals surface area (Å²) in [4.78, 5) is 16.1. The minimum Gasteiger partial charge on any atom is -0.356 e. The van der Waals surface area contributed by atoms with E-state index in [0.717, 1.165) is 35.5 Å². The molecular weight excluding hydrogens is 543 g/mol. The number of aliphatic imine (C=N–C) groups is 1. The molecule has 0 saturated heterocycles. The summed E-state index contributed by atoms with van der Waals surface area (Å²) >= 11 is 3.54. The van der Waals surface area contributed by atoms with Crippen molar-refractivity contribution in [3.05, 3.63) is 69.7 Å². The van der Waals surface area contributed by atoms with Crippen molar-refractivity contribution >= 4 is 51.8 Å². The van der Waals surface area contributed by atoms with Gasteiger partial charge in [0.2, 0.25) is 0 Å². The molecule has 0 fully saturated rings. The predicted molar refractivity (Wildman–Crippen MR) is 135 cm³/mol. The first-order chi connectivity index (χ1) is 13.4. The molecule has 0 atom stereocenters. The molecule has 0 aromatic heterocycles. The van der Waals surface area contributed by atoms with Gasteiger partial charge in [0.05, 0.1) is 0 Å². The van der Waals surface area contributed by atoms with Crippen LogP contribution in [-0.4, -0.2) is 39.1 Å². The molecule has 29 heavy (non-hydrogen) atoms. The van der Waals surface area contributed by atoms with E-state index in [0.29, 0.717) is 5.56 Å². The highest BCUT2D eigenvalue weighted by atomic mass is 127. The average molecular weight is 573 g/mol. The van der Waals surface area contributed by atoms with Crippen LogP contribution in [-0.2, 0) is 11.8 Å². The highest BCUT2D eigenvalue weighted by Crippen LogP contribution is 2.25. The second-order valence-corrected chi connectivity index (χ2v) is 8.19. The van der Waals surface area contributed by atoms with Gasteiger partial charge in [0.1, 0.15) is 0 Å². The lowest BCUT2D eigenvalue weighted by Gasteiger charge is -2.27. The van der Waals surface area contributed by atoms with Crippen LogP contribution in [0.15, 0.2) is 58.0 Å². The molecule has 0 bridgehead atoms. The summed E-state index contributed by atoms with van der Waals surface area (Å²) in [6.45, 7) is 5.90. The van der Waals surface area contributed by atoms with Crippen LogP contribution in [0.3, 0.4) is 0 Å².